The third-order valence-electron chi connectivity index (χ3n) is 5.95. The van der Waals surface area contributed by atoms with Crippen molar-refractivity contribution in [3.05, 3.63) is 58.6 Å². The SMILES string of the molecule is COC(=O)c1ccc(NC(=O)C2CCCC(COc3ccc(Cl)cc3C(C)(C)C)C2)cc1. The molecule has 6 heteroatoms. The summed E-state index contributed by atoms with van der Waals surface area (Å²) in [6.07, 6.45) is 3.72. The van der Waals surface area contributed by atoms with E-state index in [9.17, 15) is 9.59 Å². The first-order valence-electron chi connectivity index (χ1n) is 11.1. The summed E-state index contributed by atoms with van der Waals surface area (Å²) in [6.45, 7) is 7.01. The molecule has 1 N–H and O–H groups in total. The molecule has 3 rings (SSSR count). The zero-order valence-corrected chi connectivity index (χ0v) is 20.0. The van der Waals surface area contributed by atoms with Gasteiger partial charge in [-0.3, -0.25) is 4.79 Å². The average Bonchev–Trinajstić information content (AvgIpc) is 2.77. The first kappa shape index (κ1) is 24.1. The maximum absolute atomic E-state index is 12.8. The number of carbonyl (C=O) groups is 2. The lowest BCUT2D eigenvalue weighted by Crippen LogP contribution is -2.30. The van der Waals surface area contributed by atoms with Gasteiger partial charge in [-0.25, -0.2) is 4.79 Å². The topological polar surface area (TPSA) is 64.6 Å². The number of hydrogen-bond donors (Lipinski definition) is 1. The van der Waals surface area contributed by atoms with Crippen LogP contribution in [0.25, 0.3) is 0 Å². The van der Waals surface area contributed by atoms with E-state index in [0.29, 0.717) is 28.8 Å². The summed E-state index contributed by atoms with van der Waals surface area (Å²) >= 11 is 6.20. The number of anilines is 1. The van der Waals surface area contributed by atoms with Crippen molar-refractivity contribution in [2.45, 2.75) is 51.9 Å². The van der Waals surface area contributed by atoms with Crippen LogP contribution in [0.15, 0.2) is 42.5 Å². The van der Waals surface area contributed by atoms with Gasteiger partial charge in [0.15, 0.2) is 0 Å². The summed E-state index contributed by atoms with van der Waals surface area (Å²) < 4.78 is 10.9. The van der Waals surface area contributed by atoms with Gasteiger partial charge in [-0.15, -0.1) is 0 Å². The fourth-order valence-electron chi connectivity index (χ4n) is 4.15. The van der Waals surface area contributed by atoms with Gasteiger partial charge in [-0.05, 0) is 73.1 Å². The zero-order chi connectivity index (χ0) is 23.3. The van der Waals surface area contributed by atoms with Crippen LogP contribution in [0.4, 0.5) is 5.69 Å². The lowest BCUT2D eigenvalue weighted by atomic mass is 9.81. The predicted octanol–water partition coefficient (Wildman–Crippen LogP) is 6.25. The van der Waals surface area contributed by atoms with Crippen molar-refractivity contribution in [2.75, 3.05) is 19.0 Å². The summed E-state index contributed by atoms with van der Waals surface area (Å²) in [5.41, 5.74) is 2.15. The Hall–Kier alpha value is -2.53. The summed E-state index contributed by atoms with van der Waals surface area (Å²) in [6, 6.07) is 12.5. The summed E-state index contributed by atoms with van der Waals surface area (Å²) in [5, 5.41) is 3.68. The van der Waals surface area contributed by atoms with E-state index in [1.807, 2.05) is 18.2 Å². The van der Waals surface area contributed by atoms with Crippen molar-refractivity contribution in [3.63, 3.8) is 0 Å². The number of esters is 1. The van der Waals surface area contributed by atoms with E-state index in [1.54, 1.807) is 24.3 Å². The number of methoxy groups -OCH3 is 1. The largest absolute Gasteiger partial charge is 0.493 e. The quantitative estimate of drug-likeness (QED) is 0.521. The van der Waals surface area contributed by atoms with Gasteiger partial charge in [-0.2, -0.15) is 0 Å². The molecule has 1 aliphatic rings. The molecule has 0 radical (unpaired) electrons. The Bertz CT molecular complexity index is 949. The molecule has 0 heterocycles. The van der Waals surface area contributed by atoms with Gasteiger partial charge in [0.25, 0.3) is 0 Å². The monoisotopic (exact) mass is 457 g/mol. The van der Waals surface area contributed by atoms with Gasteiger partial charge in [0.1, 0.15) is 5.75 Å². The number of ether oxygens (including phenoxy) is 2. The normalized spacial score (nSPS) is 18.7. The maximum atomic E-state index is 12.8. The molecular weight excluding hydrogens is 426 g/mol. The van der Waals surface area contributed by atoms with Crippen LogP contribution in [0.5, 0.6) is 5.75 Å². The van der Waals surface area contributed by atoms with Crippen LogP contribution in [0.1, 0.15) is 62.4 Å². The van der Waals surface area contributed by atoms with Crippen LogP contribution >= 0.6 is 11.6 Å². The van der Waals surface area contributed by atoms with Crippen LogP contribution in [0, 0.1) is 11.8 Å². The summed E-state index contributed by atoms with van der Waals surface area (Å²) in [5.74, 6) is 0.754. The van der Waals surface area contributed by atoms with E-state index < -0.39 is 5.97 Å². The number of halogens is 1. The maximum Gasteiger partial charge on any atom is 0.337 e. The highest BCUT2D eigenvalue weighted by atomic mass is 35.5. The Morgan fingerprint density at radius 1 is 1.09 bits per heavy atom. The minimum Gasteiger partial charge on any atom is -0.493 e. The van der Waals surface area contributed by atoms with Crippen molar-refractivity contribution < 1.29 is 19.1 Å². The zero-order valence-electron chi connectivity index (χ0n) is 19.2. The molecule has 0 aromatic heterocycles. The van der Waals surface area contributed by atoms with Gasteiger partial charge in [0.05, 0.1) is 19.3 Å². The molecule has 1 saturated carbocycles. The van der Waals surface area contributed by atoms with Crippen LogP contribution in [-0.4, -0.2) is 25.6 Å². The second-order valence-corrected chi connectivity index (χ2v) is 9.93. The third-order valence-corrected chi connectivity index (χ3v) is 6.19. The molecule has 1 fully saturated rings. The van der Waals surface area contributed by atoms with Gasteiger partial charge in [-0.1, -0.05) is 38.8 Å². The minimum absolute atomic E-state index is 0.0161. The number of hydrogen-bond acceptors (Lipinski definition) is 4. The van der Waals surface area contributed by atoms with Gasteiger partial charge < -0.3 is 14.8 Å². The predicted molar refractivity (Wildman–Crippen MR) is 128 cm³/mol. The standard InChI is InChI=1S/C26H32ClNO4/c1-26(2,3)22-15-20(27)10-13-23(22)32-16-17-6-5-7-19(14-17)24(29)28-21-11-8-18(9-12-21)25(30)31-4/h8-13,15,17,19H,5-7,14,16H2,1-4H3,(H,28,29). The van der Waals surface area contributed by atoms with Crippen LogP contribution in [0.2, 0.25) is 5.02 Å². The molecule has 2 unspecified atom stereocenters. The Morgan fingerprint density at radius 3 is 2.47 bits per heavy atom. The van der Waals surface area contributed by atoms with E-state index in [0.717, 1.165) is 37.0 Å². The second kappa shape index (κ2) is 10.4. The highest BCUT2D eigenvalue weighted by molar-refractivity contribution is 6.30. The van der Waals surface area contributed by atoms with E-state index >= 15 is 0 Å². The van der Waals surface area contributed by atoms with E-state index in [1.165, 1.54) is 7.11 Å². The second-order valence-electron chi connectivity index (χ2n) is 9.49. The lowest BCUT2D eigenvalue weighted by molar-refractivity contribution is -0.121. The number of nitrogens with one attached hydrogen (secondary N) is 1. The smallest absolute Gasteiger partial charge is 0.337 e. The molecule has 1 amide bonds. The number of rotatable bonds is 6. The van der Waals surface area contributed by atoms with Crippen LogP contribution in [-0.2, 0) is 14.9 Å². The fourth-order valence-corrected chi connectivity index (χ4v) is 4.33. The molecule has 5 nitrogen and oxygen atoms in total. The highest BCUT2D eigenvalue weighted by Gasteiger charge is 2.28. The molecule has 0 spiro atoms. The molecule has 2 atom stereocenters. The Morgan fingerprint density at radius 2 is 1.81 bits per heavy atom. The summed E-state index contributed by atoms with van der Waals surface area (Å²) in [4.78, 5) is 24.4. The highest BCUT2D eigenvalue weighted by Crippen LogP contribution is 2.35. The Labute approximate surface area is 195 Å². The van der Waals surface area contributed by atoms with Crippen LogP contribution in [0.3, 0.4) is 0 Å². The fraction of sp³-hybridized carbons (Fsp3) is 0.462. The molecule has 32 heavy (non-hydrogen) atoms. The lowest BCUT2D eigenvalue weighted by Gasteiger charge is -2.29. The third kappa shape index (κ3) is 6.26. The molecule has 172 valence electrons. The van der Waals surface area contributed by atoms with Crippen molar-refractivity contribution in [1.82, 2.24) is 0 Å². The first-order chi connectivity index (χ1) is 15.2. The van der Waals surface area contributed by atoms with Crippen molar-refractivity contribution in [1.29, 1.82) is 0 Å². The van der Waals surface area contributed by atoms with Crippen molar-refractivity contribution in [2.24, 2.45) is 11.8 Å². The molecule has 0 saturated heterocycles. The first-order valence-corrected chi connectivity index (χ1v) is 11.5. The van der Waals surface area contributed by atoms with E-state index in [2.05, 4.69) is 26.1 Å². The van der Waals surface area contributed by atoms with Gasteiger partial charge >= 0.3 is 5.97 Å². The van der Waals surface area contributed by atoms with E-state index in [-0.39, 0.29) is 17.2 Å². The molecule has 1 aliphatic carbocycles. The van der Waals surface area contributed by atoms with Gasteiger partial charge in [0, 0.05) is 22.2 Å². The minimum atomic E-state index is -0.395. The number of carbonyl (C=O) groups excluding carboxylic acids is 2. The average molecular weight is 458 g/mol. The molecular formula is C26H32ClNO4. The molecule has 0 bridgehead atoms. The summed E-state index contributed by atoms with van der Waals surface area (Å²) in [7, 11) is 1.35. The molecule has 0 aliphatic heterocycles. The van der Waals surface area contributed by atoms with Crippen molar-refractivity contribution in [3.8, 4) is 5.75 Å². The van der Waals surface area contributed by atoms with E-state index in [4.69, 9.17) is 21.1 Å². The molecule has 2 aromatic carbocycles. The Kier molecular flexibility index (Phi) is 7.83. The van der Waals surface area contributed by atoms with Gasteiger partial charge in [0.2, 0.25) is 5.91 Å². The Balaban J connectivity index is 1.57. The number of amides is 1. The van der Waals surface area contributed by atoms with Crippen molar-refractivity contribution >= 4 is 29.2 Å². The van der Waals surface area contributed by atoms with Crippen LogP contribution < -0.4 is 10.1 Å². The number of benzene rings is 2. The molecule has 2 aromatic rings.